The van der Waals surface area contributed by atoms with Crippen LogP contribution in [0.1, 0.15) is 5.56 Å². The van der Waals surface area contributed by atoms with Gasteiger partial charge in [0.1, 0.15) is 12.1 Å². The lowest BCUT2D eigenvalue weighted by atomic mass is 10.2. The lowest BCUT2D eigenvalue weighted by Crippen LogP contribution is -1.98. The standard InChI is InChI=1S/C11H5ClN4O3/c12-10-9(16(17)18)11(15-6-14-10)19-8-3-1-7(5-13)2-4-8/h1-4,6H. The number of benzene rings is 1. The average molecular weight is 277 g/mol. The number of hydrogen-bond acceptors (Lipinski definition) is 6. The molecule has 0 bridgehead atoms. The van der Waals surface area contributed by atoms with Crippen molar-refractivity contribution >= 4 is 17.3 Å². The molecule has 1 aromatic heterocycles. The van der Waals surface area contributed by atoms with Crippen LogP contribution in [0.2, 0.25) is 5.15 Å². The van der Waals surface area contributed by atoms with Crippen molar-refractivity contribution in [1.29, 1.82) is 5.26 Å². The van der Waals surface area contributed by atoms with Crippen LogP contribution in [0.4, 0.5) is 5.69 Å². The van der Waals surface area contributed by atoms with Gasteiger partial charge in [-0.2, -0.15) is 10.2 Å². The number of nitriles is 1. The van der Waals surface area contributed by atoms with Gasteiger partial charge < -0.3 is 4.74 Å². The van der Waals surface area contributed by atoms with Gasteiger partial charge in [0.15, 0.2) is 0 Å². The van der Waals surface area contributed by atoms with Crippen LogP contribution in [-0.2, 0) is 0 Å². The Labute approximate surface area is 112 Å². The Morgan fingerprint density at radius 2 is 2.00 bits per heavy atom. The summed E-state index contributed by atoms with van der Waals surface area (Å²) in [6.07, 6.45) is 1.06. The highest BCUT2D eigenvalue weighted by molar-refractivity contribution is 6.31. The molecule has 0 fully saturated rings. The van der Waals surface area contributed by atoms with Crippen molar-refractivity contribution in [2.45, 2.75) is 0 Å². The van der Waals surface area contributed by atoms with Gasteiger partial charge in [-0.1, -0.05) is 11.6 Å². The van der Waals surface area contributed by atoms with Crippen LogP contribution in [0.25, 0.3) is 0 Å². The summed E-state index contributed by atoms with van der Waals surface area (Å²) in [4.78, 5) is 17.3. The highest BCUT2D eigenvalue weighted by Crippen LogP contribution is 2.33. The molecule has 0 radical (unpaired) electrons. The first-order chi connectivity index (χ1) is 9.11. The molecule has 8 heteroatoms. The molecular formula is C11H5ClN4O3. The highest BCUT2D eigenvalue weighted by Gasteiger charge is 2.23. The van der Waals surface area contributed by atoms with E-state index in [9.17, 15) is 10.1 Å². The van der Waals surface area contributed by atoms with Gasteiger partial charge in [-0.05, 0) is 24.3 Å². The minimum Gasteiger partial charge on any atom is -0.434 e. The molecule has 19 heavy (non-hydrogen) atoms. The number of halogens is 1. The summed E-state index contributed by atoms with van der Waals surface area (Å²) < 4.78 is 5.26. The number of hydrogen-bond donors (Lipinski definition) is 0. The smallest absolute Gasteiger partial charge is 0.368 e. The average Bonchev–Trinajstić information content (AvgIpc) is 2.39. The molecule has 0 N–H and O–H groups in total. The SMILES string of the molecule is N#Cc1ccc(Oc2ncnc(Cl)c2[N+](=O)[O-])cc1. The van der Waals surface area contributed by atoms with Crippen LogP contribution >= 0.6 is 11.6 Å². The second-order valence-electron chi connectivity index (χ2n) is 3.31. The lowest BCUT2D eigenvalue weighted by Gasteiger charge is -2.05. The van der Waals surface area contributed by atoms with Crippen molar-refractivity contribution in [2.75, 3.05) is 0 Å². The quantitative estimate of drug-likeness (QED) is 0.485. The third kappa shape index (κ3) is 2.75. The minimum atomic E-state index is -0.721. The molecule has 0 saturated carbocycles. The Bertz CT molecular complexity index is 667. The van der Waals surface area contributed by atoms with Crippen molar-refractivity contribution in [3.05, 3.63) is 51.4 Å². The van der Waals surface area contributed by atoms with Gasteiger partial charge in [0, 0.05) is 0 Å². The largest absolute Gasteiger partial charge is 0.434 e. The number of ether oxygens (including phenoxy) is 1. The van der Waals surface area contributed by atoms with Crippen LogP contribution in [0, 0.1) is 21.4 Å². The Hall–Kier alpha value is -2.72. The first kappa shape index (κ1) is 12.7. The third-order valence-corrected chi connectivity index (χ3v) is 2.40. The molecule has 94 valence electrons. The second-order valence-corrected chi connectivity index (χ2v) is 3.67. The summed E-state index contributed by atoms with van der Waals surface area (Å²) in [7, 11) is 0. The van der Waals surface area contributed by atoms with Gasteiger partial charge in [0.05, 0.1) is 16.6 Å². The predicted octanol–water partition coefficient (Wildman–Crippen LogP) is 2.70. The molecule has 0 saturated heterocycles. The number of nitro groups is 1. The molecule has 0 aliphatic carbocycles. The van der Waals surface area contributed by atoms with Crippen molar-refractivity contribution in [3.8, 4) is 17.7 Å². The maximum absolute atomic E-state index is 10.9. The first-order valence-electron chi connectivity index (χ1n) is 4.94. The maximum Gasteiger partial charge on any atom is 0.368 e. The van der Waals surface area contributed by atoms with Gasteiger partial charge in [-0.15, -0.1) is 0 Å². The van der Waals surface area contributed by atoms with Crippen molar-refractivity contribution in [3.63, 3.8) is 0 Å². The molecule has 7 nitrogen and oxygen atoms in total. The fourth-order valence-corrected chi connectivity index (χ4v) is 1.47. The number of rotatable bonds is 3. The monoisotopic (exact) mass is 276 g/mol. The van der Waals surface area contributed by atoms with E-state index in [0.29, 0.717) is 11.3 Å². The Morgan fingerprint density at radius 1 is 1.32 bits per heavy atom. The number of aromatic nitrogens is 2. The van der Waals surface area contributed by atoms with E-state index >= 15 is 0 Å². The Kier molecular flexibility index (Phi) is 3.54. The zero-order chi connectivity index (χ0) is 13.8. The molecule has 0 aliphatic rings. The highest BCUT2D eigenvalue weighted by atomic mass is 35.5. The maximum atomic E-state index is 10.9. The van der Waals surface area contributed by atoms with E-state index in [-0.39, 0.29) is 11.0 Å². The van der Waals surface area contributed by atoms with E-state index in [1.807, 2.05) is 6.07 Å². The van der Waals surface area contributed by atoms with Gasteiger partial charge >= 0.3 is 11.6 Å². The molecule has 1 aromatic carbocycles. The summed E-state index contributed by atoms with van der Waals surface area (Å²) in [5, 5.41) is 19.2. The minimum absolute atomic E-state index is 0.255. The summed E-state index contributed by atoms with van der Waals surface area (Å²) in [6.45, 7) is 0. The predicted molar refractivity (Wildman–Crippen MR) is 64.9 cm³/mol. The molecule has 0 spiro atoms. The van der Waals surface area contributed by atoms with Crippen LogP contribution in [-0.4, -0.2) is 14.9 Å². The summed E-state index contributed by atoms with van der Waals surface area (Å²) in [5.74, 6) is 0.0478. The third-order valence-electron chi connectivity index (χ3n) is 2.12. The van der Waals surface area contributed by atoms with Crippen LogP contribution < -0.4 is 4.74 Å². The lowest BCUT2D eigenvalue weighted by molar-refractivity contribution is -0.386. The fourth-order valence-electron chi connectivity index (χ4n) is 1.28. The van der Waals surface area contributed by atoms with Crippen LogP contribution in [0.3, 0.4) is 0 Å². The zero-order valence-electron chi connectivity index (χ0n) is 9.28. The summed E-state index contributed by atoms with van der Waals surface area (Å²) in [6, 6.07) is 7.98. The molecule has 0 unspecified atom stereocenters. The second kappa shape index (κ2) is 5.29. The summed E-state index contributed by atoms with van der Waals surface area (Å²) in [5.41, 5.74) is -0.0592. The van der Waals surface area contributed by atoms with Crippen molar-refractivity contribution in [2.24, 2.45) is 0 Å². The normalized spacial score (nSPS) is 9.68. The molecular weight excluding hydrogens is 272 g/mol. The van der Waals surface area contributed by atoms with E-state index in [0.717, 1.165) is 6.33 Å². The molecule has 1 heterocycles. The molecule has 2 rings (SSSR count). The van der Waals surface area contributed by atoms with Gasteiger partial charge in [0.2, 0.25) is 5.15 Å². The van der Waals surface area contributed by atoms with Crippen LogP contribution in [0.5, 0.6) is 11.6 Å². The van der Waals surface area contributed by atoms with E-state index in [2.05, 4.69) is 9.97 Å². The first-order valence-corrected chi connectivity index (χ1v) is 5.32. The van der Waals surface area contributed by atoms with Crippen molar-refractivity contribution in [1.82, 2.24) is 9.97 Å². The van der Waals surface area contributed by atoms with E-state index in [4.69, 9.17) is 21.6 Å². The van der Waals surface area contributed by atoms with Crippen molar-refractivity contribution < 1.29 is 9.66 Å². The van der Waals surface area contributed by atoms with E-state index in [1.54, 1.807) is 0 Å². The zero-order valence-corrected chi connectivity index (χ0v) is 10.0. The van der Waals surface area contributed by atoms with Crippen LogP contribution in [0.15, 0.2) is 30.6 Å². The molecule has 0 atom stereocenters. The van der Waals surface area contributed by atoms with Gasteiger partial charge in [-0.3, -0.25) is 10.1 Å². The molecule has 0 aliphatic heterocycles. The summed E-state index contributed by atoms with van der Waals surface area (Å²) >= 11 is 5.62. The number of nitrogens with zero attached hydrogens (tertiary/aromatic N) is 4. The van der Waals surface area contributed by atoms with E-state index < -0.39 is 10.6 Å². The Morgan fingerprint density at radius 3 is 2.58 bits per heavy atom. The van der Waals surface area contributed by atoms with E-state index in [1.165, 1.54) is 24.3 Å². The topological polar surface area (TPSA) is 102 Å². The Balaban J connectivity index is 2.35. The fraction of sp³-hybridized carbons (Fsp3) is 0. The molecule has 0 amide bonds. The van der Waals surface area contributed by atoms with Gasteiger partial charge in [-0.25, -0.2) is 4.98 Å². The van der Waals surface area contributed by atoms with Gasteiger partial charge in [0.25, 0.3) is 0 Å². The molecule has 2 aromatic rings.